The maximum atomic E-state index is 12.8. The molecule has 0 unspecified atom stereocenters. The van der Waals surface area contributed by atoms with Crippen LogP contribution in [0.5, 0.6) is 5.75 Å². The summed E-state index contributed by atoms with van der Waals surface area (Å²) in [5, 5.41) is 12.7. The van der Waals surface area contributed by atoms with Crippen molar-refractivity contribution in [3.63, 3.8) is 0 Å². The summed E-state index contributed by atoms with van der Waals surface area (Å²) < 4.78 is 34.1. The summed E-state index contributed by atoms with van der Waals surface area (Å²) in [5.41, 5.74) is 1.31. The summed E-state index contributed by atoms with van der Waals surface area (Å²) in [7, 11) is -3.74. The standard InChI is InChI=1S/C21H21N3O5S/c25-20-8-7-18(30(27,28)24-11-13-29-14-12-24)15-19(20)22-21(26)16-3-5-17(6-4-16)23-9-1-2-10-23/h1-10,15,25H,11-14H2,(H,22,26). The smallest absolute Gasteiger partial charge is 0.255 e. The van der Waals surface area contributed by atoms with E-state index in [4.69, 9.17) is 4.74 Å². The lowest BCUT2D eigenvalue weighted by Gasteiger charge is -2.26. The zero-order valence-electron chi connectivity index (χ0n) is 16.1. The van der Waals surface area contributed by atoms with Crippen LogP contribution in [0.3, 0.4) is 0 Å². The van der Waals surface area contributed by atoms with Crippen molar-refractivity contribution in [2.75, 3.05) is 31.6 Å². The molecule has 1 aromatic heterocycles. The molecule has 0 spiro atoms. The van der Waals surface area contributed by atoms with Gasteiger partial charge in [0.25, 0.3) is 5.91 Å². The van der Waals surface area contributed by atoms with Crippen molar-refractivity contribution in [1.29, 1.82) is 0 Å². The predicted octanol–water partition coefficient (Wildman–Crippen LogP) is 2.46. The first-order valence-corrected chi connectivity index (χ1v) is 10.8. The third-order valence-electron chi connectivity index (χ3n) is 4.86. The number of benzene rings is 2. The minimum atomic E-state index is -3.74. The van der Waals surface area contributed by atoms with Crippen molar-refractivity contribution in [1.82, 2.24) is 8.87 Å². The summed E-state index contributed by atoms with van der Waals surface area (Å²) in [6, 6.07) is 14.6. The topological polar surface area (TPSA) is 101 Å². The molecule has 3 aromatic rings. The third-order valence-corrected chi connectivity index (χ3v) is 6.75. The molecule has 2 aromatic carbocycles. The maximum Gasteiger partial charge on any atom is 0.255 e. The number of hydrogen-bond donors (Lipinski definition) is 2. The lowest BCUT2D eigenvalue weighted by molar-refractivity contribution is 0.0730. The molecular formula is C21H21N3O5S. The quantitative estimate of drug-likeness (QED) is 0.609. The average Bonchev–Trinajstić information content (AvgIpc) is 3.31. The number of anilines is 1. The lowest BCUT2D eigenvalue weighted by atomic mass is 10.2. The van der Waals surface area contributed by atoms with Crippen LogP contribution in [-0.4, -0.2) is 54.6 Å². The van der Waals surface area contributed by atoms with E-state index in [1.807, 2.05) is 29.1 Å². The van der Waals surface area contributed by atoms with E-state index >= 15 is 0 Å². The monoisotopic (exact) mass is 427 g/mol. The number of aromatic nitrogens is 1. The highest BCUT2D eigenvalue weighted by Gasteiger charge is 2.27. The Morgan fingerprint density at radius 3 is 2.33 bits per heavy atom. The van der Waals surface area contributed by atoms with Crippen LogP contribution in [0.2, 0.25) is 0 Å². The Morgan fingerprint density at radius 2 is 1.67 bits per heavy atom. The van der Waals surface area contributed by atoms with Gasteiger partial charge in [0.15, 0.2) is 0 Å². The Morgan fingerprint density at radius 1 is 1.00 bits per heavy atom. The average molecular weight is 427 g/mol. The van der Waals surface area contributed by atoms with Gasteiger partial charge >= 0.3 is 0 Å². The zero-order chi connectivity index (χ0) is 21.1. The molecule has 1 aliphatic heterocycles. The molecule has 8 nitrogen and oxygen atoms in total. The molecule has 0 atom stereocenters. The van der Waals surface area contributed by atoms with Crippen molar-refractivity contribution in [3.8, 4) is 11.4 Å². The molecule has 0 bridgehead atoms. The number of phenolic OH excluding ortho intramolecular Hbond substituents is 1. The second kappa shape index (κ2) is 8.31. The van der Waals surface area contributed by atoms with Gasteiger partial charge in [-0.25, -0.2) is 8.42 Å². The molecular weight excluding hydrogens is 406 g/mol. The fourth-order valence-electron chi connectivity index (χ4n) is 3.20. The number of rotatable bonds is 5. The minimum absolute atomic E-state index is 0.000422. The molecule has 2 N–H and O–H groups in total. The summed E-state index contributed by atoms with van der Waals surface area (Å²) >= 11 is 0. The van der Waals surface area contributed by atoms with E-state index in [0.29, 0.717) is 18.8 Å². The van der Waals surface area contributed by atoms with E-state index in [1.54, 1.807) is 24.3 Å². The highest BCUT2D eigenvalue weighted by atomic mass is 32.2. The Labute approximate surface area is 174 Å². The van der Waals surface area contributed by atoms with Crippen LogP contribution in [0.15, 0.2) is 71.9 Å². The van der Waals surface area contributed by atoms with Crippen LogP contribution in [0, 0.1) is 0 Å². The number of hydrogen-bond acceptors (Lipinski definition) is 5. The van der Waals surface area contributed by atoms with Crippen molar-refractivity contribution < 1.29 is 23.1 Å². The second-order valence-corrected chi connectivity index (χ2v) is 8.72. The number of carbonyl (C=O) groups excluding carboxylic acids is 1. The Bertz CT molecular complexity index is 1140. The zero-order valence-corrected chi connectivity index (χ0v) is 16.9. The molecule has 156 valence electrons. The highest BCUT2D eigenvalue weighted by molar-refractivity contribution is 7.89. The summed E-state index contributed by atoms with van der Waals surface area (Å²) in [6.45, 7) is 1.19. The van der Waals surface area contributed by atoms with Crippen LogP contribution in [-0.2, 0) is 14.8 Å². The van der Waals surface area contributed by atoms with Crippen LogP contribution >= 0.6 is 0 Å². The number of nitrogens with one attached hydrogen (secondary N) is 1. The van der Waals surface area contributed by atoms with Gasteiger partial charge in [-0.05, 0) is 54.6 Å². The van der Waals surface area contributed by atoms with Crippen molar-refractivity contribution in [2.24, 2.45) is 0 Å². The van der Waals surface area contributed by atoms with E-state index in [9.17, 15) is 18.3 Å². The number of aromatic hydroxyl groups is 1. The number of phenols is 1. The number of amides is 1. The Hall–Kier alpha value is -3.14. The van der Waals surface area contributed by atoms with Crippen LogP contribution in [0.1, 0.15) is 10.4 Å². The summed E-state index contributed by atoms with van der Waals surface area (Å²) in [5.74, 6) is -0.668. The van der Waals surface area contributed by atoms with E-state index < -0.39 is 15.9 Å². The van der Waals surface area contributed by atoms with E-state index in [0.717, 1.165) is 5.69 Å². The van der Waals surface area contributed by atoms with Gasteiger partial charge in [-0.3, -0.25) is 4.79 Å². The van der Waals surface area contributed by atoms with Crippen molar-refractivity contribution >= 4 is 21.6 Å². The Balaban J connectivity index is 1.54. The normalized spacial score (nSPS) is 15.1. The molecule has 1 amide bonds. The van der Waals surface area contributed by atoms with Gasteiger partial charge in [0.1, 0.15) is 5.75 Å². The van der Waals surface area contributed by atoms with E-state index in [1.165, 1.54) is 22.5 Å². The molecule has 1 aliphatic rings. The van der Waals surface area contributed by atoms with E-state index in [-0.39, 0.29) is 29.4 Å². The first-order valence-electron chi connectivity index (χ1n) is 9.41. The van der Waals surface area contributed by atoms with Gasteiger partial charge in [-0.1, -0.05) is 0 Å². The van der Waals surface area contributed by atoms with Crippen LogP contribution in [0.4, 0.5) is 5.69 Å². The Kier molecular flexibility index (Phi) is 5.58. The van der Waals surface area contributed by atoms with Crippen LogP contribution in [0.25, 0.3) is 5.69 Å². The number of carbonyl (C=O) groups is 1. The molecule has 1 saturated heterocycles. The number of ether oxygens (including phenoxy) is 1. The molecule has 0 saturated carbocycles. The van der Waals surface area contributed by atoms with Crippen molar-refractivity contribution in [3.05, 3.63) is 72.6 Å². The van der Waals surface area contributed by atoms with Gasteiger partial charge in [0.2, 0.25) is 10.0 Å². The largest absolute Gasteiger partial charge is 0.506 e. The second-order valence-electron chi connectivity index (χ2n) is 6.79. The molecule has 30 heavy (non-hydrogen) atoms. The third kappa shape index (κ3) is 4.09. The molecule has 1 fully saturated rings. The molecule has 9 heteroatoms. The maximum absolute atomic E-state index is 12.8. The van der Waals surface area contributed by atoms with Gasteiger partial charge in [-0.2, -0.15) is 4.31 Å². The lowest BCUT2D eigenvalue weighted by Crippen LogP contribution is -2.40. The molecule has 0 aliphatic carbocycles. The minimum Gasteiger partial charge on any atom is -0.506 e. The van der Waals surface area contributed by atoms with Gasteiger partial charge in [0.05, 0.1) is 23.8 Å². The van der Waals surface area contributed by atoms with Crippen molar-refractivity contribution in [2.45, 2.75) is 4.90 Å². The predicted molar refractivity (Wildman–Crippen MR) is 111 cm³/mol. The molecule has 4 rings (SSSR count). The highest BCUT2D eigenvalue weighted by Crippen LogP contribution is 2.29. The number of morpholine rings is 1. The fraction of sp³-hybridized carbons (Fsp3) is 0.190. The SMILES string of the molecule is O=C(Nc1cc(S(=O)(=O)N2CCOCC2)ccc1O)c1ccc(-n2cccc2)cc1. The number of sulfonamides is 1. The van der Waals surface area contributed by atoms with Gasteiger partial charge in [0, 0.05) is 36.7 Å². The number of nitrogens with zero attached hydrogens (tertiary/aromatic N) is 2. The molecule has 2 heterocycles. The first kappa shape index (κ1) is 20.1. The molecule has 0 radical (unpaired) electrons. The fourth-order valence-corrected chi connectivity index (χ4v) is 4.63. The first-order chi connectivity index (χ1) is 14.4. The summed E-state index contributed by atoms with van der Waals surface area (Å²) in [4.78, 5) is 12.6. The summed E-state index contributed by atoms with van der Waals surface area (Å²) in [6.07, 6.45) is 3.79. The van der Waals surface area contributed by atoms with E-state index in [2.05, 4.69) is 5.32 Å². The van der Waals surface area contributed by atoms with Gasteiger partial charge < -0.3 is 19.7 Å². The van der Waals surface area contributed by atoms with Crippen LogP contribution < -0.4 is 5.32 Å². The van der Waals surface area contributed by atoms with Gasteiger partial charge in [-0.15, -0.1) is 0 Å².